The van der Waals surface area contributed by atoms with E-state index in [0.717, 1.165) is 0 Å². The van der Waals surface area contributed by atoms with Gasteiger partial charge < -0.3 is 20.7 Å². The number of morpholine rings is 1. The van der Waals surface area contributed by atoms with Gasteiger partial charge in [0.15, 0.2) is 0 Å². The molecule has 0 radical (unpaired) electrons. The first-order valence-electron chi connectivity index (χ1n) is 6.64. The molecule has 2 aliphatic rings. The molecule has 0 aromatic carbocycles. The minimum Gasteiger partial charge on any atom is -0.378 e. The summed E-state index contributed by atoms with van der Waals surface area (Å²) < 4.78 is 5.23. The molecular weight excluding hydrogens is 218 g/mol. The van der Waals surface area contributed by atoms with E-state index in [1.54, 1.807) is 0 Å². The second-order valence-electron chi connectivity index (χ2n) is 4.94. The van der Waals surface area contributed by atoms with Crippen LogP contribution in [0.15, 0.2) is 0 Å². The van der Waals surface area contributed by atoms with Gasteiger partial charge in [0, 0.05) is 25.7 Å². The fourth-order valence-corrected chi connectivity index (χ4v) is 2.75. The fraction of sp³-hybridized carbons (Fsp3) is 0.917. The molecule has 1 unspecified atom stereocenters. The Balaban J connectivity index is 1.82. The first-order valence-corrected chi connectivity index (χ1v) is 6.64. The van der Waals surface area contributed by atoms with Gasteiger partial charge in [-0.3, -0.25) is 0 Å². The van der Waals surface area contributed by atoms with E-state index in [1.807, 2.05) is 4.90 Å². The third-order valence-electron chi connectivity index (χ3n) is 3.83. The van der Waals surface area contributed by atoms with Gasteiger partial charge in [-0.1, -0.05) is 12.8 Å². The quantitative estimate of drug-likeness (QED) is 0.758. The molecule has 5 nitrogen and oxygen atoms in total. The molecule has 1 saturated heterocycles. The number of nitrogens with two attached hydrogens (primary N) is 1. The minimum atomic E-state index is 0.0238. The van der Waals surface area contributed by atoms with Gasteiger partial charge in [0.2, 0.25) is 0 Å². The third-order valence-corrected chi connectivity index (χ3v) is 3.83. The molecule has 2 rings (SSSR count). The minimum absolute atomic E-state index is 0.0238. The van der Waals surface area contributed by atoms with Gasteiger partial charge in [-0.25, -0.2) is 4.79 Å². The van der Waals surface area contributed by atoms with Crippen molar-refractivity contribution in [1.29, 1.82) is 0 Å². The molecule has 1 heterocycles. The molecule has 17 heavy (non-hydrogen) atoms. The lowest BCUT2D eigenvalue weighted by molar-refractivity contribution is 0.0520. The van der Waals surface area contributed by atoms with Crippen molar-refractivity contribution in [3.8, 4) is 0 Å². The standard InChI is InChI=1S/C12H23N3O2/c13-9-11(10-3-1-2-4-10)14-12(16)15-5-7-17-8-6-15/h10-11H,1-9,13H2,(H,14,16). The van der Waals surface area contributed by atoms with Crippen molar-refractivity contribution >= 4 is 6.03 Å². The van der Waals surface area contributed by atoms with Gasteiger partial charge in [-0.15, -0.1) is 0 Å². The first-order chi connectivity index (χ1) is 8.31. The second kappa shape index (κ2) is 6.21. The zero-order valence-electron chi connectivity index (χ0n) is 10.4. The van der Waals surface area contributed by atoms with Crippen LogP contribution in [0, 0.1) is 5.92 Å². The van der Waals surface area contributed by atoms with E-state index < -0.39 is 0 Å². The van der Waals surface area contributed by atoms with Crippen LogP contribution in [0.2, 0.25) is 0 Å². The van der Waals surface area contributed by atoms with Crippen molar-refractivity contribution in [3.05, 3.63) is 0 Å². The largest absolute Gasteiger partial charge is 0.378 e. The Morgan fingerprint density at radius 1 is 1.35 bits per heavy atom. The van der Waals surface area contributed by atoms with Crippen molar-refractivity contribution in [2.45, 2.75) is 31.7 Å². The molecular formula is C12H23N3O2. The van der Waals surface area contributed by atoms with Crippen LogP contribution in [0.1, 0.15) is 25.7 Å². The molecule has 1 aliphatic heterocycles. The lowest BCUT2D eigenvalue weighted by Gasteiger charge is -2.30. The molecule has 2 amide bonds. The Morgan fingerprint density at radius 3 is 2.59 bits per heavy atom. The molecule has 98 valence electrons. The summed E-state index contributed by atoms with van der Waals surface area (Å²) in [5.41, 5.74) is 5.77. The highest BCUT2D eigenvalue weighted by Crippen LogP contribution is 2.27. The van der Waals surface area contributed by atoms with Gasteiger partial charge >= 0.3 is 6.03 Å². The average molecular weight is 241 g/mol. The molecule has 2 fully saturated rings. The number of nitrogens with zero attached hydrogens (tertiary/aromatic N) is 1. The third kappa shape index (κ3) is 3.33. The van der Waals surface area contributed by atoms with Crippen molar-refractivity contribution in [3.63, 3.8) is 0 Å². The molecule has 0 bridgehead atoms. The number of hydrogen-bond acceptors (Lipinski definition) is 3. The number of urea groups is 1. The van der Waals surface area contributed by atoms with E-state index in [-0.39, 0.29) is 12.1 Å². The first kappa shape index (κ1) is 12.6. The lowest BCUT2D eigenvalue weighted by Crippen LogP contribution is -2.52. The number of hydrogen-bond donors (Lipinski definition) is 2. The maximum atomic E-state index is 12.0. The van der Waals surface area contributed by atoms with Crippen LogP contribution in [-0.2, 0) is 4.74 Å². The molecule has 1 atom stereocenters. The van der Waals surface area contributed by atoms with Crippen LogP contribution < -0.4 is 11.1 Å². The zero-order chi connectivity index (χ0) is 12.1. The number of nitrogens with one attached hydrogen (secondary N) is 1. The molecule has 0 aromatic heterocycles. The van der Waals surface area contributed by atoms with Crippen molar-refractivity contribution in [2.75, 3.05) is 32.8 Å². The lowest BCUT2D eigenvalue weighted by atomic mass is 9.98. The molecule has 1 aliphatic carbocycles. The highest BCUT2D eigenvalue weighted by Gasteiger charge is 2.27. The predicted molar refractivity (Wildman–Crippen MR) is 65.7 cm³/mol. The number of amides is 2. The monoisotopic (exact) mass is 241 g/mol. The summed E-state index contributed by atoms with van der Waals surface area (Å²) in [6.07, 6.45) is 4.94. The highest BCUT2D eigenvalue weighted by molar-refractivity contribution is 5.74. The second-order valence-corrected chi connectivity index (χ2v) is 4.94. The normalized spacial score (nSPS) is 23.7. The fourth-order valence-electron chi connectivity index (χ4n) is 2.75. The summed E-state index contributed by atoms with van der Waals surface area (Å²) in [7, 11) is 0. The van der Waals surface area contributed by atoms with Gasteiger partial charge in [-0.2, -0.15) is 0 Å². The molecule has 3 N–H and O–H groups in total. The summed E-state index contributed by atoms with van der Waals surface area (Å²) in [4.78, 5) is 13.8. The summed E-state index contributed by atoms with van der Waals surface area (Å²) in [6, 6.07) is 0.170. The van der Waals surface area contributed by atoms with Crippen molar-refractivity contribution < 1.29 is 9.53 Å². The van der Waals surface area contributed by atoms with E-state index in [4.69, 9.17) is 10.5 Å². The topological polar surface area (TPSA) is 67.6 Å². The van der Waals surface area contributed by atoms with Crippen LogP contribution in [0.4, 0.5) is 4.79 Å². The van der Waals surface area contributed by atoms with E-state index in [0.29, 0.717) is 38.8 Å². The van der Waals surface area contributed by atoms with Gasteiger partial charge in [0.1, 0.15) is 0 Å². The van der Waals surface area contributed by atoms with Crippen LogP contribution in [0.25, 0.3) is 0 Å². The Kier molecular flexibility index (Phi) is 4.62. The van der Waals surface area contributed by atoms with E-state index in [1.165, 1.54) is 25.7 Å². The molecule has 0 spiro atoms. The van der Waals surface area contributed by atoms with Crippen LogP contribution >= 0.6 is 0 Å². The molecule has 1 saturated carbocycles. The van der Waals surface area contributed by atoms with Gasteiger partial charge in [-0.05, 0) is 18.8 Å². The van der Waals surface area contributed by atoms with Gasteiger partial charge in [0.05, 0.1) is 13.2 Å². The summed E-state index contributed by atoms with van der Waals surface area (Å²) in [5, 5.41) is 3.08. The Morgan fingerprint density at radius 2 is 2.00 bits per heavy atom. The van der Waals surface area contributed by atoms with E-state index in [9.17, 15) is 4.79 Å². The van der Waals surface area contributed by atoms with E-state index in [2.05, 4.69) is 5.32 Å². The zero-order valence-corrected chi connectivity index (χ0v) is 10.4. The number of ether oxygens (including phenoxy) is 1. The number of carbonyl (C=O) groups excluding carboxylic acids is 1. The summed E-state index contributed by atoms with van der Waals surface area (Å²) in [5.74, 6) is 0.574. The summed E-state index contributed by atoms with van der Waals surface area (Å²) in [6.45, 7) is 3.20. The molecule has 0 aromatic rings. The summed E-state index contributed by atoms with van der Waals surface area (Å²) >= 11 is 0. The Bertz CT molecular complexity index is 248. The SMILES string of the molecule is NCC(NC(=O)N1CCOCC1)C1CCCC1. The van der Waals surface area contributed by atoms with Gasteiger partial charge in [0.25, 0.3) is 0 Å². The van der Waals surface area contributed by atoms with Crippen LogP contribution in [0.5, 0.6) is 0 Å². The molecule has 5 heteroatoms. The van der Waals surface area contributed by atoms with Crippen LogP contribution in [-0.4, -0.2) is 49.8 Å². The predicted octanol–water partition coefficient (Wildman–Crippen LogP) is 0.546. The maximum Gasteiger partial charge on any atom is 0.317 e. The van der Waals surface area contributed by atoms with Crippen LogP contribution in [0.3, 0.4) is 0 Å². The van der Waals surface area contributed by atoms with Crippen molar-refractivity contribution in [1.82, 2.24) is 10.2 Å². The smallest absolute Gasteiger partial charge is 0.317 e. The number of rotatable bonds is 3. The highest BCUT2D eigenvalue weighted by atomic mass is 16.5. The van der Waals surface area contributed by atoms with E-state index >= 15 is 0 Å². The van der Waals surface area contributed by atoms with Crippen molar-refractivity contribution in [2.24, 2.45) is 11.7 Å². The Labute approximate surface area is 103 Å². The maximum absolute atomic E-state index is 12.0. The average Bonchev–Trinajstić information content (AvgIpc) is 2.90. The number of carbonyl (C=O) groups is 1. The Hall–Kier alpha value is -0.810.